The van der Waals surface area contributed by atoms with Crippen LogP contribution in [0.15, 0.2) is 52.0 Å². The van der Waals surface area contributed by atoms with E-state index in [1.165, 1.54) is 12.8 Å². The van der Waals surface area contributed by atoms with Gasteiger partial charge in [-0.25, -0.2) is 4.98 Å². The lowest BCUT2D eigenvalue weighted by Gasteiger charge is -2.35. The van der Waals surface area contributed by atoms with Crippen molar-refractivity contribution in [2.75, 3.05) is 36.8 Å². The standard InChI is InChI=1S/C25H29N5O2S/c1-2-33-21-10-6-5-9-20(21)25(31)30-15-13-29(14-16-30)22-12-11-19(17-26-22)23-27-24(32-28-23)18-7-3-4-8-18/h5-6,9-12,17-18H,2-4,7-8,13-16H2,1H3. The lowest BCUT2D eigenvalue weighted by Crippen LogP contribution is -2.49. The first-order chi connectivity index (χ1) is 16.2. The molecule has 0 N–H and O–H groups in total. The van der Waals surface area contributed by atoms with Crippen LogP contribution >= 0.6 is 11.8 Å². The summed E-state index contributed by atoms with van der Waals surface area (Å²) in [6.45, 7) is 4.99. The largest absolute Gasteiger partial charge is 0.353 e. The average Bonchev–Trinajstić information content (AvgIpc) is 3.57. The van der Waals surface area contributed by atoms with Gasteiger partial charge in [0.05, 0.1) is 5.56 Å². The fraction of sp³-hybridized carbons (Fsp3) is 0.440. The van der Waals surface area contributed by atoms with Crippen LogP contribution in [-0.4, -0.2) is 57.9 Å². The van der Waals surface area contributed by atoms with E-state index in [4.69, 9.17) is 4.52 Å². The molecule has 0 unspecified atom stereocenters. The molecule has 1 saturated carbocycles. The van der Waals surface area contributed by atoms with Crippen molar-refractivity contribution < 1.29 is 9.32 Å². The van der Waals surface area contributed by atoms with E-state index < -0.39 is 0 Å². The van der Waals surface area contributed by atoms with Gasteiger partial charge in [0.15, 0.2) is 0 Å². The fourth-order valence-electron chi connectivity index (χ4n) is 4.63. The number of carbonyl (C=O) groups excluding carboxylic acids is 1. The molecule has 0 atom stereocenters. The summed E-state index contributed by atoms with van der Waals surface area (Å²) in [6, 6.07) is 11.9. The van der Waals surface area contributed by atoms with Crippen LogP contribution < -0.4 is 4.90 Å². The molecule has 5 rings (SSSR count). The van der Waals surface area contributed by atoms with E-state index in [-0.39, 0.29) is 5.91 Å². The van der Waals surface area contributed by atoms with Gasteiger partial charge in [0.25, 0.3) is 5.91 Å². The molecular formula is C25H29N5O2S. The number of amides is 1. The number of rotatable bonds is 6. The summed E-state index contributed by atoms with van der Waals surface area (Å²) in [5.74, 6) is 3.74. The average molecular weight is 464 g/mol. The summed E-state index contributed by atoms with van der Waals surface area (Å²) in [5, 5.41) is 4.17. The van der Waals surface area contributed by atoms with Crippen molar-refractivity contribution in [1.29, 1.82) is 0 Å². The number of pyridine rings is 1. The predicted octanol–water partition coefficient (Wildman–Crippen LogP) is 4.86. The normalized spacial score (nSPS) is 17.0. The van der Waals surface area contributed by atoms with Gasteiger partial charge in [0.2, 0.25) is 11.7 Å². The van der Waals surface area contributed by atoms with E-state index in [0.717, 1.165) is 59.4 Å². The highest BCUT2D eigenvalue weighted by atomic mass is 32.2. The second kappa shape index (κ2) is 9.95. The number of anilines is 1. The molecule has 2 fully saturated rings. The Balaban J connectivity index is 1.20. The van der Waals surface area contributed by atoms with E-state index in [0.29, 0.717) is 24.8 Å². The number of piperazine rings is 1. The molecule has 7 nitrogen and oxygen atoms in total. The molecule has 1 aliphatic carbocycles. The first-order valence-corrected chi connectivity index (χ1v) is 12.8. The van der Waals surface area contributed by atoms with Crippen LogP contribution in [0.4, 0.5) is 5.82 Å². The van der Waals surface area contributed by atoms with Crippen molar-refractivity contribution >= 4 is 23.5 Å². The van der Waals surface area contributed by atoms with Gasteiger partial charge in [-0.3, -0.25) is 4.79 Å². The number of thioether (sulfide) groups is 1. The molecule has 172 valence electrons. The highest BCUT2D eigenvalue weighted by Crippen LogP contribution is 2.34. The monoisotopic (exact) mass is 463 g/mol. The molecule has 2 aromatic heterocycles. The van der Waals surface area contributed by atoms with Gasteiger partial charge in [-0.05, 0) is 42.9 Å². The number of aromatic nitrogens is 3. The Kier molecular flexibility index (Phi) is 6.62. The third-order valence-electron chi connectivity index (χ3n) is 6.46. The van der Waals surface area contributed by atoms with E-state index in [9.17, 15) is 4.79 Å². The molecule has 3 heterocycles. The summed E-state index contributed by atoms with van der Waals surface area (Å²) < 4.78 is 5.51. The summed E-state index contributed by atoms with van der Waals surface area (Å²) in [6.07, 6.45) is 6.56. The van der Waals surface area contributed by atoms with Gasteiger partial charge in [0, 0.05) is 48.8 Å². The Labute approximate surface area is 198 Å². The minimum atomic E-state index is 0.115. The molecular weight excluding hydrogens is 434 g/mol. The molecule has 1 aliphatic heterocycles. The molecule has 3 aromatic rings. The zero-order chi connectivity index (χ0) is 22.6. The molecule has 1 saturated heterocycles. The highest BCUT2D eigenvalue weighted by Gasteiger charge is 2.25. The highest BCUT2D eigenvalue weighted by molar-refractivity contribution is 7.99. The molecule has 1 amide bonds. The Morgan fingerprint density at radius 2 is 1.88 bits per heavy atom. The van der Waals surface area contributed by atoms with Crippen molar-refractivity contribution in [3.05, 3.63) is 54.0 Å². The first kappa shape index (κ1) is 21.9. The fourth-order valence-corrected chi connectivity index (χ4v) is 5.43. The van der Waals surface area contributed by atoms with Crippen LogP contribution in [0.1, 0.15) is 54.8 Å². The first-order valence-electron chi connectivity index (χ1n) is 11.8. The summed E-state index contributed by atoms with van der Waals surface area (Å²) in [7, 11) is 0. The van der Waals surface area contributed by atoms with Crippen LogP contribution in [0.5, 0.6) is 0 Å². The maximum absolute atomic E-state index is 13.1. The van der Waals surface area contributed by atoms with E-state index in [1.54, 1.807) is 11.8 Å². The minimum Gasteiger partial charge on any atom is -0.353 e. The Morgan fingerprint density at radius 1 is 1.09 bits per heavy atom. The SMILES string of the molecule is CCSc1ccccc1C(=O)N1CCN(c2ccc(-c3noc(C4CCCC4)n3)cn2)CC1. The molecule has 1 aromatic carbocycles. The second-order valence-electron chi connectivity index (χ2n) is 8.55. The number of hydrogen-bond donors (Lipinski definition) is 0. The third-order valence-corrected chi connectivity index (χ3v) is 7.42. The lowest BCUT2D eigenvalue weighted by molar-refractivity contribution is 0.0743. The van der Waals surface area contributed by atoms with Gasteiger partial charge >= 0.3 is 0 Å². The second-order valence-corrected chi connectivity index (χ2v) is 9.86. The van der Waals surface area contributed by atoms with Crippen molar-refractivity contribution in [3.63, 3.8) is 0 Å². The molecule has 0 bridgehead atoms. The zero-order valence-electron chi connectivity index (χ0n) is 18.9. The van der Waals surface area contributed by atoms with Crippen LogP contribution in [-0.2, 0) is 0 Å². The van der Waals surface area contributed by atoms with Gasteiger partial charge < -0.3 is 14.3 Å². The maximum Gasteiger partial charge on any atom is 0.255 e. The Morgan fingerprint density at radius 3 is 2.61 bits per heavy atom. The van der Waals surface area contributed by atoms with Crippen LogP contribution in [0, 0.1) is 0 Å². The predicted molar refractivity (Wildman–Crippen MR) is 130 cm³/mol. The van der Waals surface area contributed by atoms with Gasteiger partial charge in [-0.2, -0.15) is 4.98 Å². The molecule has 2 aliphatic rings. The number of benzene rings is 1. The van der Waals surface area contributed by atoms with Gasteiger partial charge in [0.1, 0.15) is 5.82 Å². The quantitative estimate of drug-likeness (QED) is 0.483. The lowest BCUT2D eigenvalue weighted by atomic mass is 10.1. The van der Waals surface area contributed by atoms with Crippen LogP contribution in [0.3, 0.4) is 0 Å². The summed E-state index contributed by atoms with van der Waals surface area (Å²) >= 11 is 1.71. The van der Waals surface area contributed by atoms with E-state index >= 15 is 0 Å². The zero-order valence-corrected chi connectivity index (χ0v) is 19.8. The topological polar surface area (TPSA) is 75.4 Å². The van der Waals surface area contributed by atoms with Crippen LogP contribution in [0.25, 0.3) is 11.4 Å². The Bertz CT molecular complexity index is 1090. The van der Waals surface area contributed by atoms with Crippen molar-refractivity contribution in [1.82, 2.24) is 20.0 Å². The maximum atomic E-state index is 13.1. The van der Waals surface area contributed by atoms with Gasteiger partial charge in [-0.15, -0.1) is 11.8 Å². The summed E-state index contributed by atoms with van der Waals surface area (Å²) in [4.78, 5) is 27.6. The van der Waals surface area contributed by atoms with E-state index in [2.05, 4.69) is 26.9 Å². The van der Waals surface area contributed by atoms with E-state index in [1.807, 2.05) is 47.5 Å². The number of nitrogens with zero attached hydrogens (tertiary/aromatic N) is 5. The molecule has 8 heteroatoms. The molecule has 0 spiro atoms. The number of carbonyl (C=O) groups is 1. The van der Waals surface area contributed by atoms with Crippen molar-refractivity contribution in [2.24, 2.45) is 0 Å². The molecule has 0 radical (unpaired) electrons. The summed E-state index contributed by atoms with van der Waals surface area (Å²) in [5.41, 5.74) is 1.67. The van der Waals surface area contributed by atoms with Crippen molar-refractivity contribution in [3.8, 4) is 11.4 Å². The van der Waals surface area contributed by atoms with Crippen molar-refractivity contribution in [2.45, 2.75) is 43.4 Å². The molecule has 33 heavy (non-hydrogen) atoms. The Hall–Kier alpha value is -2.87. The minimum absolute atomic E-state index is 0.115. The number of hydrogen-bond acceptors (Lipinski definition) is 7. The van der Waals surface area contributed by atoms with Crippen LogP contribution in [0.2, 0.25) is 0 Å². The van der Waals surface area contributed by atoms with Gasteiger partial charge in [-0.1, -0.05) is 37.1 Å². The third kappa shape index (κ3) is 4.76. The smallest absolute Gasteiger partial charge is 0.255 e.